The molecule has 0 spiro atoms. The van der Waals surface area contributed by atoms with Gasteiger partial charge in [0, 0.05) is 0 Å². The number of benzene rings is 1. The van der Waals surface area contributed by atoms with E-state index >= 15 is 0 Å². The lowest BCUT2D eigenvalue weighted by Gasteiger charge is -2.17. The van der Waals surface area contributed by atoms with Gasteiger partial charge in [0.05, 0.1) is 23.5 Å². The van der Waals surface area contributed by atoms with Crippen LogP contribution in [0.25, 0.3) is 11.0 Å². The number of nitrogens with zero attached hydrogens (tertiary/aromatic N) is 3. The maximum atomic E-state index is 13.2. The molecule has 1 aromatic carbocycles. The number of aromatic nitrogens is 2. The van der Waals surface area contributed by atoms with Crippen LogP contribution in [0.3, 0.4) is 0 Å². The van der Waals surface area contributed by atoms with E-state index in [0.29, 0.717) is 0 Å². The topological polar surface area (TPSA) is 41.6 Å². The fraction of sp³-hybridized carbons (Fsp3) is 0.333. The molecule has 0 radical (unpaired) electrons. The predicted molar refractivity (Wildman–Crippen MR) is 65.0 cm³/mol. The molecule has 0 aliphatic heterocycles. The van der Waals surface area contributed by atoms with Crippen molar-refractivity contribution in [2.45, 2.75) is 24.8 Å². The van der Waals surface area contributed by atoms with Gasteiger partial charge in [0.15, 0.2) is 0 Å². The summed E-state index contributed by atoms with van der Waals surface area (Å²) >= 11 is 5.61. The number of rotatable bonds is 4. The Bertz CT molecular complexity index is 675. The molecule has 0 aliphatic carbocycles. The monoisotopic (exact) mass is 305 g/mol. The average Bonchev–Trinajstić information content (AvgIpc) is 2.76. The minimum absolute atomic E-state index is 0.0182. The summed E-state index contributed by atoms with van der Waals surface area (Å²) in [6, 6.07) is 6.23. The van der Waals surface area contributed by atoms with E-state index in [4.69, 9.17) is 16.9 Å². The van der Waals surface area contributed by atoms with Crippen molar-refractivity contribution in [2.75, 3.05) is 0 Å². The molecule has 0 saturated heterocycles. The second-order valence-electron chi connectivity index (χ2n) is 4.09. The Kier molecular flexibility index (Phi) is 3.86. The summed E-state index contributed by atoms with van der Waals surface area (Å²) in [5.41, 5.74) is 0.531. The van der Waals surface area contributed by atoms with Crippen LogP contribution >= 0.6 is 11.6 Å². The summed E-state index contributed by atoms with van der Waals surface area (Å²) in [5.74, 6) is -4.40. The third kappa shape index (κ3) is 2.43. The molecule has 2 rings (SSSR count). The molecule has 0 aliphatic rings. The zero-order chi connectivity index (χ0) is 14.9. The lowest BCUT2D eigenvalue weighted by molar-refractivity contribution is -0.137. The summed E-state index contributed by atoms with van der Waals surface area (Å²) in [5, 5.41) is 8.93. The second-order valence-corrected chi connectivity index (χ2v) is 4.36. The smallest absolute Gasteiger partial charge is 0.321 e. The van der Waals surface area contributed by atoms with Gasteiger partial charge in [-0.15, -0.1) is 11.6 Å². The van der Waals surface area contributed by atoms with Crippen molar-refractivity contribution in [1.29, 1.82) is 5.26 Å². The Morgan fingerprint density at radius 3 is 2.65 bits per heavy atom. The Balaban J connectivity index is 2.61. The molecule has 0 N–H and O–H groups in total. The van der Waals surface area contributed by atoms with E-state index in [9.17, 15) is 17.6 Å². The number of hydrogen-bond donors (Lipinski definition) is 0. The van der Waals surface area contributed by atoms with Crippen LogP contribution < -0.4 is 0 Å². The van der Waals surface area contributed by atoms with Gasteiger partial charge in [-0.2, -0.15) is 14.0 Å². The lowest BCUT2D eigenvalue weighted by Crippen LogP contribution is -2.32. The molecule has 20 heavy (non-hydrogen) atoms. The molecule has 3 nitrogen and oxygen atoms in total. The van der Waals surface area contributed by atoms with E-state index in [0.717, 1.165) is 4.57 Å². The molecular formula is C12H8ClF4N3. The maximum absolute atomic E-state index is 13.2. The maximum Gasteiger partial charge on any atom is 0.324 e. The summed E-state index contributed by atoms with van der Waals surface area (Å²) in [7, 11) is 0. The van der Waals surface area contributed by atoms with Crippen LogP contribution in [0.2, 0.25) is 0 Å². The van der Waals surface area contributed by atoms with Crippen molar-refractivity contribution in [3.05, 3.63) is 29.6 Å². The number of alkyl halides is 5. The first-order chi connectivity index (χ1) is 9.40. The zero-order valence-corrected chi connectivity index (χ0v) is 10.7. The van der Waals surface area contributed by atoms with E-state index in [2.05, 4.69) is 4.98 Å². The van der Waals surface area contributed by atoms with E-state index < -0.39 is 18.9 Å². The largest absolute Gasteiger partial charge is 0.324 e. The van der Waals surface area contributed by atoms with Crippen molar-refractivity contribution in [2.24, 2.45) is 0 Å². The van der Waals surface area contributed by atoms with Crippen LogP contribution in [-0.2, 0) is 12.4 Å². The summed E-state index contributed by atoms with van der Waals surface area (Å²) in [6.45, 7) is -1.24. The van der Waals surface area contributed by atoms with Crippen molar-refractivity contribution >= 4 is 22.6 Å². The summed E-state index contributed by atoms with van der Waals surface area (Å²) in [4.78, 5) is 3.98. The Morgan fingerprint density at radius 2 is 2.10 bits per heavy atom. The Morgan fingerprint density at radius 1 is 1.40 bits per heavy atom. The minimum atomic E-state index is -4.20. The molecule has 0 fully saturated rings. The predicted octanol–water partition coefficient (Wildman–Crippen LogP) is 3.55. The number of fused-ring (bicyclic) bond motifs is 1. The number of nitriles is 1. The average molecular weight is 306 g/mol. The Labute approximate surface area is 116 Å². The summed E-state index contributed by atoms with van der Waals surface area (Å²) < 4.78 is 52.0. The van der Waals surface area contributed by atoms with Gasteiger partial charge in [-0.05, 0) is 12.1 Å². The third-order valence-electron chi connectivity index (χ3n) is 2.79. The molecule has 2 aromatic rings. The van der Waals surface area contributed by atoms with E-state index in [1.807, 2.05) is 6.07 Å². The zero-order valence-electron chi connectivity index (χ0n) is 9.96. The fourth-order valence-corrected chi connectivity index (χ4v) is 2.05. The van der Waals surface area contributed by atoms with Crippen LogP contribution in [0, 0.1) is 11.3 Å². The molecular weight excluding hydrogens is 298 g/mol. The van der Waals surface area contributed by atoms with Gasteiger partial charge >= 0.3 is 12.3 Å². The number of imidazole rings is 1. The number of halogens is 5. The highest BCUT2D eigenvalue weighted by Gasteiger charge is 2.42. The van der Waals surface area contributed by atoms with Crippen LogP contribution in [0.5, 0.6) is 0 Å². The van der Waals surface area contributed by atoms with Gasteiger partial charge in [-0.3, -0.25) is 0 Å². The van der Waals surface area contributed by atoms with E-state index in [1.54, 1.807) is 0 Å². The fourth-order valence-electron chi connectivity index (χ4n) is 1.84. The van der Waals surface area contributed by atoms with Crippen LogP contribution in [0.15, 0.2) is 18.2 Å². The van der Waals surface area contributed by atoms with Gasteiger partial charge in [-0.1, -0.05) is 6.07 Å². The molecule has 0 saturated carbocycles. The highest BCUT2D eigenvalue weighted by molar-refractivity contribution is 6.16. The first kappa shape index (κ1) is 14.6. The first-order valence-corrected chi connectivity index (χ1v) is 6.04. The normalized spacial score (nSPS) is 12.1. The quantitative estimate of drug-likeness (QED) is 0.640. The van der Waals surface area contributed by atoms with Gasteiger partial charge in [0.1, 0.15) is 17.4 Å². The molecule has 0 bridgehead atoms. The van der Waals surface area contributed by atoms with Gasteiger partial charge < -0.3 is 4.57 Å². The second kappa shape index (κ2) is 5.29. The highest BCUT2D eigenvalue weighted by atomic mass is 35.5. The standard InChI is InChI=1S/C12H8ClF4N3/c13-4-9-19-10-7(5-18)2-1-3-8(10)20(9)6-12(16,17)11(14)15/h1-3,11H,4,6H2. The first-order valence-electron chi connectivity index (χ1n) is 5.51. The molecule has 0 amide bonds. The van der Waals surface area contributed by atoms with Crippen molar-refractivity contribution in [1.82, 2.24) is 9.55 Å². The van der Waals surface area contributed by atoms with E-state index in [1.165, 1.54) is 18.2 Å². The van der Waals surface area contributed by atoms with E-state index in [-0.39, 0.29) is 28.3 Å². The third-order valence-corrected chi connectivity index (χ3v) is 3.03. The van der Waals surface area contributed by atoms with Crippen molar-refractivity contribution in [3.8, 4) is 6.07 Å². The molecule has 1 heterocycles. The van der Waals surface area contributed by atoms with Crippen LogP contribution in [0.1, 0.15) is 11.4 Å². The summed E-state index contributed by atoms with van der Waals surface area (Å²) in [6.07, 6.45) is -3.79. The van der Waals surface area contributed by atoms with Crippen LogP contribution in [0.4, 0.5) is 17.6 Å². The number of hydrogen-bond acceptors (Lipinski definition) is 2. The minimum Gasteiger partial charge on any atom is -0.321 e. The molecule has 0 atom stereocenters. The highest BCUT2D eigenvalue weighted by Crippen LogP contribution is 2.29. The molecule has 0 unspecified atom stereocenters. The SMILES string of the molecule is N#Cc1cccc2c1nc(CCl)n2CC(F)(F)C(F)F. The van der Waals surface area contributed by atoms with Gasteiger partial charge in [0.25, 0.3) is 0 Å². The lowest BCUT2D eigenvalue weighted by atomic mass is 10.2. The van der Waals surface area contributed by atoms with Crippen LogP contribution in [-0.4, -0.2) is 21.9 Å². The van der Waals surface area contributed by atoms with Crippen molar-refractivity contribution < 1.29 is 17.6 Å². The number of para-hydroxylation sites is 1. The van der Waals surface area contributed by atoms with Crippen molar-refractivity contribution in [3.63, 3.8) is 0 Å². The van der Waals surface area contributed by atoms with Gasteiger partial charge in [0.2, 0.25) is 0 Å². The Hall–Kier alpha value is -1.81. The molecule has 106 valence electrons. The molecule has 8 heteroatoms. The van der Waals surface area contributed by atoms with Gasteiger partial charge in [-0.25, -0.2) is 13.8 Å². The molecule has 1 aromatic heterocycles.